The lowest BCUT2D eigenvalue weighted by atomic mass is 9.71. The normalized spacial score (nSPS) is 39.9. The van der Waals surface area contributed by atoms with Gasteiger partial charge in [0.2, 0.25) is 0 Å². The van der Waals surface area contributed by atoms with E-state index >= 15 is 0 Å². The maximum absolute atomic E-state index is 11.3. The molecule has 4 bridgehead atoms. The van der Waals surface area contributed by atoms with Gasteiger partial charge < -0.3 is 38.0 Å². The van der Waals surface area contributed by atoms with Crippen LogP contribution in [0.1, 0.15) is 33.6 Å². The molecule has 1 N–H and O–H groups in total. The number of aliphatic hydroxyl groups is 1. The number of rotatable bonds is 6. The van der Waals surface area contributed by atoms with E-state index in [2.05, 4.69) is 33.9 Å². The maximum Gasteiger partial charge on any atom is 0.320 e. The fourth-order valence-corrected chi connectivity index (χ4v) is 6.43. The first-order valence-corrected chi connectivity index (χ1v) is 14.7. The summed E-state index contributed by atoms with van der Waals surface area (Å²) >= 11 is 0. The van der Waals surface area contributed by atoms with Gasteiger partial charge in [-0.05, 0) is 55.2 Å². The number of benzene rings is 1. The molecule has 4 saturated heterocycles. The Morgan fingerprint density at radius 3 is 2.33 bits per heavy atom. The highest BCUT2D eigenvalue weighted by Gasteiger charge is 2.75. The SMILES string of the molecule is COc1ccc(OC[C@@]23O[C@H]4[C@H](O)[C@@H](O2)[C@@]2(CCCO2)[C@@H](O3)[C@@H]4O[Si](C)(C)C(C)(C)C)cc1. The highest BCUT2D eigenvalue weighted by molar-refractivity contribution is 6.74. The van der Waals surface area contributed by atoms with Gasteiger partial charge in [-0.2, -0.15) is 0 Å². The van der Waals surface area contributed by atoms with Gasteiger partial charge in [0.25, 0.3) is 0 Å². The van der Waals surface area contributed by atoms with Crippen LogP contribution in [0.4, 0.5) is 0 Å². The van der Waals surface area contributed by atoms with E-state index in [1.165, 1.54) is 0 Å². The average Bonchev–Trinajstić information content (AvgIpc) is 3.25. The summed E-state index contributed by atoms with van der Waals surface area (Å²) in [7, 11) is -0.557. The molecule has 1 aromatic carbocycles. The summed E-state index contributed by atoms with van der Waals surface area (Å²) in [6, 6.07) is 7.29. The van der Waals surface area contributed by atoms with Crippen LogP contribution in [0.25, 0.3) is 0 Å². The summed E-state index contributed by atoms with van der Waals surface area (Å²) in [6.45, 7) is 11.6. The van der Waals surface area contributed by atoms with Crippen molar-refractivity contribution in [3.05, 3.63) is 24.3 Å². The number of aliphatic hydroxyl groups excluding tert-OH is 1. The number of methoxy groups -OCH3 is 1. The van der Waals surface area contributed by atoms with Gasteiger partial charge in [-0.1, -0.05) is 20.8 Å². The van der Waals surface area contributed by atoms with Gasteiger partial charge in [0.15, 0.2) is 14.9 Å². The molecule has 184 valence electrons. The first-order chi connectivity index (χ1) is 15.5. The Bertz CT molecular complexity index is 862. The van der Waals surface area contributed by atoms with E-state index in [0.29, 0.717) is 12.4 Å². The molecular formula is C24H36O8Si. The Balaban J connectivity index is 1.41. The average molecular weight is 481 g/mol. The zero-order chi connectivity index (χ0) is 23.6. The summed E-state index contributed by atoms with van der Waals surface area (Å²) in [6.07, 6.45) is -1.21. The molecule has 0 unspecified atom stereocenters. The molecule has 1 saturated carbocycles. The molecule has 6 rings (SSSR count). The van der Waals surface area contributed by atoms with Crippen molar-refractivity contribution < 1.29 is 38.0 Å². The molecule has 1 spiro atoms. The fraction of sp³-hybridized carbons (Fsp3) is 0.750. The van der Waals surface area contributed by atoms with Crippen molar-refractivity contribution in [2.45, 2.75) is 93.8 Å². The van der Waals surface area contributed by atoms with E-state index in [-0.39, 0.29) is 11.6 Å². The molecule has 1 aromatic rings. The summed E-state index contributed by atoms with van der Waals surface area (Å²) in [5.41, 5.74) is -0.740. The van der Waals surface area contributed by atoms with Gasteiger partial charge in [0.1, 0.15) is 47.6 Å². The standard InChI is InChI=1S/C24H36O8Si/c1-22(2,3)33(5,6)32-19-18-17(25)20-23(12-7-13-28-23)21(19)31-24(29-18,30-20)14-27-16-10-8-15(26-4)9-11-16/h8-11,17-21,25H,7,12-14H2,1-6H3/t17-,18-,19+,20+,21-,23-,24+/m0/s1. The van der Waals surface area contributed by atoms with Crippen LogP contribution < -0.4 is 9.47 Å². The van der Waals surface area contributed by atoms with E-state index in [9.17, 15) is 5.11 Å². The van der Waals surface area contributed by atoms with E-state index < -0.39 is 50.4 Å². The number of hydrogen-bond acceptors (Lipinski definition) is 8. The van der Waals surface area contributed by atoms with Crippen LogP contribution in [0, 0.1) is 0 Å². The molecule has 0 aromatic heterocycles. The lowest BCUT2D eigenvalue weighted by Gasteiger charge is -2.66. The van der Waals surface area contributed by atoms with Crippen molar-refractivity contribution in [3.63, 3.8) is 0 Å². The van der Waals surface area contributed by atoms with Crippen molar-refractivity contribution in [3.8, 4) is 11.5 Å². The highest BCUT2D eigenvalue weighted by Crippen LogP contribution is 2.56. The van der Waals surface area contributed by atoms with E-state index in [1.54, 1.807) is 7.11 Å². The second-order valence-corrected chi connectivity index (χ2v) is 15.8. The molecule has 5 fully saturated rings. The number of ether oxygens (including phenoxy) is 6. The molecule has 4 aliphatic heterocycles. The second kappa shape index (κ2) is 7.91. The third-order valence-electron chi connectivity index (χ3n) is 7.96. The monoisotopic (exact) mass is 480 g/mol. The van der Waals surface area contributed by atoms with Crippen molar-refractivity contribution in [1.82, 2.24) is 0 Å². The van der Waals surface area contributed by atoms with Gasteiger partial charge in [0, 0.05) is 6.61 Å². The van der Waals surface area contributed by atoms with Gasteiger partial charge >= 0.3 is 5.97 Å². The zero-order valence-electron chi connectivity index (χ0n) is 20.3. The minimum absolute atomic E-state index is 0.00196. The van der Waals surface area contributed by atoms with E-state index in [0.717, 1.165) is 18.6 Å². The van der Waals surface area contributed by atoms with Crippen molar-refractivity contribution in [2.24, 2.45) is 0 Å². The Morgan fingerprint density at radius 1 is 1.06 bits per heavy atom. The summed E-state index contributed by atoms with van der Waals surface area (Å²) in [5, 5.41) is 11.3. The first kappa shape index (κ1) is 23.5. The molecule has 0 radical (unpaired) electrons. The van der Waals surface area contributed by atoms with Crippen LogP contribution in [0.5, 0.6) is 11.5 Å². The Hall–Kier alpha value is -1.20. The van der Waals surface area contributed by atoms with Crippen LogP contribution in [0.2, 0.25) is 18.1 Å². The van der Waals surface area contributed by atoms with E-state index in [4.69, 9.17) is 32.8 Å². The van der Waals surface area contributed by atoms with Gasteiger partial charge in [-0.25, -0.2) is 0 Å². The molecular weight excluding hydrogens is 444 g/mol. The van der Waals surface area contributed by atoms with Crippen molar-refractivity contribution >= 4 is 8.32 Å². The lowest BCUT2D eigenvalue weighted by molar-refractivity contribution is -0.553. The second-order valence-electron chi connectivity index (χ2n) is 11.0. The van der Waals surface area contributed by atoms with Crippen LogP contribution in [-0.4, -0.2) is 75.8 Å². The molecule has 8 nitrogen and oxygen atoms in total. The predicted molar refractivity (Wildman–Crippen MR) is 122 cm³/mol. The highest BCUT2D eigenvalue weighted by atomic mass is 28.4. The number of hydrogen-bond donors (Lipinski definition) is 1. The minimum Gasteiger partial charge on any atom is -0.497 e. The van der Waals surface area contributed by atoms with Crippen LogP contribution in [-0.2, 0) is 23.4 Å². The van der Waals surface area contributed by atoms with Crippen LogP contribution in [0.15, 0.2) is 24.3 Å². The Labute approximate surface area is 196 Å². The minimum atomic E-state index is -2.18. The summed E-state index contributed by atoms with van der Waals surface area (Å²) < 4.78 is 43.3. The molecule has 5 aliphatic rings. The maximum atomic E-state index is 11.3. The first-order valence-electron chi connectivity index (χ1n) is 11.8. The van der Waals surface area contributed by atoms with Gasteiger partial charge in [-0.15, -0.1) is 0 Å². The Morgan fingerprint density at radius 2 is 1.73 bits per heavy atom. The fourth-order valence-electron chi connectivity index (χ4n) is 5.14. The molecule has 9 heteroatoms. The smallest absolute Gasteiger partial charge is 0.320 e. The third-order valence-corrected chi connectivity index (χ3v) is 12.4. The third kappa shape index (κ3) is 3.73. The topological polar surface area (TPSA) is 84.8 Å². The van der Waals surface area contributed by atoms with Crippen LogP contribution in [0.3, 0.4) is 0 Å². The molecule has 7 atom stereocenters. The van der Waals surface area contributed by atoms with Gasteiger partial charge in [0.05, 0.1) is 7.11 Å². The summed E-state index contributed by atoms with van der Waals surface area (Å²) in [4.78, 5) is 0. The molecule has 0 amide bonds. The largest absolute Gasteiger partial charge is 0.497 e. The molecule has 33 heavy (non-hydrogen) atoms. The zero-order valence-corrected chi connectivity index (χ0v) is 21.3. The van der Waals surface area contributed by atoms with Gasteiger partial charge in [-0.3, -0.25) is 0 Å². The molecule has 4 heterocycles. The summed E-state index contributed by atoms with van der Waals surface area (Å²) in [5.74, 6) is -0.0253. The van der Waals surface area contributed by atoms with E-state index in [1.807, 2.05) is 24.3 Å². The van der Waals surface area contributed by atoms with Crippen molar-refractivity contribution in [2.75, 3.05) is 20.3 Å². The van der Waals surface area contributed by atoms with Crippen molar-refractivity contribution in [1.29, 1.82) is 0 Å². The molecule has 1 aliphatic carbocycles. The lowest BCUT2D eigenvalue weighted by Crippen LogP contribution is -2.84. The Kier molecular flexibility index (Phi) is 5.64. The predicted octanol–water partition coefficient (Wildman–Crippen LogP) is 3.22. The van der Waals surface area contributed by atoms with Crippen LogP contribution >= 0.6 is 0 Å². The quantitative estimate of drug-likeness (QED) is 0.622.